The Kier molecular flexibility index (Phi) is 5.49. The Bertz CT molecular complexity index is 558. The van der Waals surface area contributed by atoms with Crippen molar-refractivity contribution in [1.82, 2.24) is 5.32 Å². The third-order valence-corrected chi connectivity index (χ3v) is 3.33. The standard InChI is InChI=1S/C17H20N2O2/c18-16(14-9-5-2-6-10-14)17(21)19-15(12-20)11-13-7-3-1-4-8-13/h1-10,15-16,20H,11-12,18H2,(H,19,21). The van der Waals surface area contributed by atoms with Crippen LogP contribution in [0, 0.1) is 0 Å². The van der Waals surface area contributed by atoms with E-state index in [0.29, 0.717) is 6.42 Å². The maximum absolute atomic E-state index is 12.2. The van der Waals surface area contributed by atoms with Crippen LogP contribution in [-0.4, -0.2) is 23.7 Å². The minimum Gasteiger partial charge on any atom is -0.394 e. The third kappa shape index (κ3) is 4.41. The molecule has 4 nitrogen and oxygen atoms in total. The minimum absolute atomic E-state index is 0.123. The molecule has 2 aromatic rings. The SMILES string of the molecule is NC(C(=O)NC(CO)Cc1ccccc1)c1ccccc1. The topological polar surface area (TPSA) is 75.4 Å². The maximum Gasteiger partial charge on any atom is 0.241 e. The Balaban J connectivity index is 1.96. The first-order valence-electron chi connectivity index (χ1n) is 6.96. The number of nitrogens with one attached hydrogen (secondary N) is 1. The normalized spacial score (nSPS) is 13.4. The summed E-state index contributed by atoms with van der Waals surface area (Å²) >= 11 is 0. The van der Waals surface area contributed by atoms with Crippen LogP contribution in [0.4, 0.5) is 0 Å². The van der Waals surface area contributed by atoms with E-state index in [4.69, 9.17) is 5.73 Å². The zero-order chi connectivity index (χ0) is 15.1. The van der Waals surface area contributed by atoms with E-state index >= 15 is 0 Å². The van der Waals surface area contributed by atoms with Gasteiger partial charge in [0.15, 0.2) is 0 Å². The molecule has 0 aliphatic carbocycles. The van der Waals surface area contributed by atoms with Gasteiger partial charge in [-0.1, -0.05) is 60.7 Å². The largest absolute Gasteiger partial charge is 0.394 e. The highest BCUT2D eigenvalue weighted by atomic mass is 16.3. The predicted octanol–water partition coefficient (Wildman–Crippen LogP) is 1.41. The van der Waals surface area contributed by atoms with Gasteiger partial charge in [-0.05, 0) is 17.5 Å². The van der Waals surface area contributed by atoms with Gasteiger partial charge in [0, 0.05) is 0 Å². The molecule has 0 bridgehead atoms. The van der Waals surface area contributed by atoms with Crippen LogP contribution >= 0.6 is 0 Å². The minimum atomic E-state index is -0.726. The first kappa shape index (κ1) is 15.2. The highest BCUT2D eigenvalue weighted by molar-refractivity contribution is 5.83. The van der Waals surface area contributed by atoms with E-state index in [1.165, 1.54) is 0 Å². The van der Waals surface area contributed by atoms with E-state index in [-0.39, 0.29) is 18.6 Å². The number of benzene rings is 2. The maximum atomic E-state index is 12.2. The molecule has 0 aliphatic rings. The van der Waals surface area contributed by atoms with Crippen molar-refractivity contribution in [1.29, 1.82) is 0 Å². The van der Waals surface area contributed by atoms with E-state index < -0.39 is 6.04 Å². The third-order valence-electron chi connectivity index (χ3n) is 3.33. The number of nitrogens with two attached hydrogens (primary N) is 1. The Labute approximate surface area is 124 Å². The van der Waals surface area contributed by atoms with Gasteiger partial charge in [0.1, 0.15) is 6.04 Å². The number of hydrogen-bond acceptors (Lipinski definition) is 3. The van der Waals surface area contributed by atoms with E-state index in [0.717, 1.165) is 11.1 Å². The molecule has 21 heavy (non-hydrogen) atoms. The molecule has 0 saturated heterocycles. The highest BCUT2D eigenvalue weighted by Gasteiger charge is 2.19. The Morgan fingerprint density at radius 1 is 1.05 bits per heavy atom. The van der Waals surface area contributed by atoms with Gasteiger partial charge in [0.25, 0.3) is 0 Å². The van der Waals surface area contributed by atoms with E-state index in [1.807, 2.05) is 60.7 Å². The number of amides is 1. The van der Waals surface area contributed by atoms with Crippen LogP contribution in [0.2, 0.25) is 0 Å². The quantitative estimate of drug-likeness (QED) is 0.750. The summed E-state index contributed by atoms with van der Waals surface area (Å²) in [6.45, 7) is -0.123. The summed E-state index contributed by atoms with van der Waals surface area (Å²) in [5.74, 6) is -0.281. The van der Waals surface area contributed by atoms with Gasteiger partial charge in [-0.15, -0.1) is 0 Å². The fourth-order valence-electron chi connectivity index (χ4n) is 2.16. The summed E-state index contributed by atoms with van der Waals surface area (Å²) in [4.78, 5) is 12.2. The Morgan fingerprint density at radius 3 is 2.19 bits per heavy atom. The molecule has 110 valence electrons. The van der Waals surface area contributed by atoms with Crippen LogP contribution in [0.1, 0.15) is 17.2 Å². The van der Waals surface area contributed by atoms with E-state index in [2.05, 4.69) is 5.32 Å². The van der Waals surface area contributed by atoms with Crippen molar-refractivity contribution in [2.24, 2.45) is 5.73 Å². The molecule has 0 spiro atoms. The molecule has 2 rings (SSSR count). The molecule has 0 saturated carbocycles. The summed E-state index contributed by atoms with van der Waals surface area (Å²) in [5, 5.41) is 12.2. The van der Waals surface area contributed by atoms with Gasteiger partial charge >= 0.3 is 0 Å². The number of aliphatic hydroxyl groups excluding tert-OH is 1. The molecule has 0 aromatic heterocycles. The number of rotatable bonds is 6. The lowest BCUT2D eigenvalue weighted by molar-refractivity contribution is -0.123. The molecule has 4 N–H and O–H groups in total. The fraction of sp³-hybridized carbons (Fsp3) is 0.235. The second kappa shape index (κ2) is 7.57. The van der Waals surface area contributed by atoms with Crippen LogP contribution in [0.3, 0.4) is 0 Å². The monoisotopic (exact) mass is 284 g/mol. The van der Waals surface area contributed by atoms with Crippen molar-refractivity contribution in [2.45, 2.75) is 18.5 Å². The lowest BCUT2D eigenvalue weighted by Gasteiger charge is -2.19. The summed E-state index contributed by atoms with van der Waals surface area (Å²) in [7, 11) is 0. The molecule has 2 atom stereocenters. The molecule has 2 aromatic carbocycles. The second-order valence-electron chi connectivity index (χ2n) is 4.97. The summed E-state index contributed by atoms with van der Waals surface area (Å²) < 4.78 is 0. The van der Waals surface area contributed by atoms with Gasteiger partial charge in [0.05, 0.1) is 12.6 Å². The van der Waals surface area contributed by atoms with Gasteiger partial charge in [-0.25, -0.2) is 0 Å². The lowest BCUT2D eigenvalue weighted by Crippen LogP contribution is -2.43. The van der Waals surface area contributed by atoms with Crippen LogP contribution in [0.15, 0.2) is 60.7 Å². The van der Waals surface area contributed by atoms with Crippen molar-refractivity contribution in [2.75, 3.05) is 6.61 Å². The molecule has 0 fully saturated rings. The molecule has 4 heteroatoms. The number of carbonyl (C=O) groups excluding carboxylic acids is 1. The second-order valence-corrected chi connectivity index (χ2v) is 4.97. The highest BCUT2D eigenvalue weighted by Crippen LogP contribution is 2.10. The lowest BCUT2D eigenvalue weighted by atomic mass is 10.0. The molecule has 0 aliphatic heterocycles. The molecular weight excluding hydrogens is 264 g/mol. The molecule has 0 heterocycles. The van der Waals surface area contributed by atoms with Gasteiger partial charge in [-0.3, -0.25) is 4.79 Å². The zero-order valence-corrected chi connectivity index (χ0v) is 11.8. The van der Waals surface area contributed by atoms with Crippen molar-refractivity contribution in [3.8, 4) is 0 Å². The number of carbonyl (C=O) groups is 1. The van der Waals surface area contributed by atoms with Crippen molar-refractivity contribution >= 4 is 5.91 Å². The summed E-state index contributed by atoms with van der Waals surface area (Å²) in [6.07, 6.45) is 0.574. The van der Waals surface area contributed by atoms with E-state index in [9.17, 15) is 9.90 Å². The number of aliphatic hydroxyl groups is 1. The van der Waals surface area contributed by atoms with Crippen molar-refractivity contribution in [3.63, 3.8) is 0 Å². The molecular formula is C17H20N2O2. The van der Waals surface area contributed by atoms with Crippen LogP contribution in [0.25, 0.3) is 0 Å². The zero-order valence-electron chi connectivity index (χ0n) is 11.8. The summed E-state index contributed by atoms with van der Waals surface area (Å²) in [5.41, 5.74) is 7.76. The first-order valence-corrected chi connectivity index (χ1v) is 6.96. The first-order chi connectivity index (χ1) is 10.2. The van der Waals surface area contributed by atoms with E-state index in [1.54, 1.807) is 0 Å². The Hall–Kier alpha value is -2.17. The van der Waals surface area contributed by atoms with Crippen LogP contribution < -0.4 is 11.1 Å². The predicted molar refractivity (Wildman–Crippen MR) is 82.5 cm³/mol. The Morgan fingerprint density at radius 2 is 1.62 bits per heavy atom. The molecule has 0 radical (unpaired) electrons. The average molecular weight is 284 g/mol. The van der Waals surface area contributed by atoms with Crippen LogP contribution in [0.5, 0.6) is 0 Å². The average Bonchev–Trinajstić information content (AvgIpc) is 2.55. The summed E-state index contributed by atoms with van der Waals surface area (Å²) in [6, 6.07) is 17.9. The van der Waals surface area contributed by atoms with Crippen LogP contribution in [-0.2, 0) is 11.2 Å². The van der Waals surface area contributed by atoms with Gasteiger partial charge in [-0.2, -0.15) is 0 Å². The van der Waals surface area contributed by atoms with Crippen molar-refractivity contribution < 1.29 is 9.90 Å². The van der Waals surface area contributed by atoms with Gasteiger partial charge < -0.3 is 16.2 Å². The van der Waals surface area contributed by atoms with Crippen molar-refractivity contribution in [3.05, 3.63) is 71.8 Å². The number of hydrogen-bond donors (Lipinski definition) is 3. The fourth-order valence-corrected chi connectivity index (χ4v) is 2.16. The molecule has 2 unspecified atom stereocenters. The smallest absolute Gasteiger partial charge is 0.241 e. The molecule has 1 amide bonds. The van der Waals surface area contributed by atoms with Gasteiger partial charge in [0.2, 0.25) is 5.91 Å².